The molecule has 1 aromatic rings. The molecular formula is C16H23NO. The second-order valence-corrected chi connectivity index (χ2v) is 4.82. The molecule has 98 valence electrons. The number of hydrogen-bond acceptors (Lipinski definition) is 2. The molecule has 0 fully saturated rings. The summed E-state index contributed by atoms with van der Waals surface area (Å²) >= 11 is 0. The van der Waals surface area contributed by atoms with E-state index in [1.165, 1.54) is 11.1 Å². The summed E-state index contributed by atoms with van der Waals surface area (Å²) in [5.74, 6) is 0.828. The monoisotopic (exact) mass is 245 g/mol. The van der Waals surface area contributed by atoms with Gasteiger partial charge in [-0.3, -0.25) is 4.98 Å². The zero-order valence-corrected chi connectivity index (χ0v) is 11.9. The maximum absolute atomic E-state index is 5.60. The first-order valence-corrected chi connectivity index (χ1v) is 6.42. The lowest BCUT2D eigenvalue weighted by Crippen LogP contribution is -1.95. The highest BCUT2D eigenvalue weighted by Gasteiger charge is 1.93. The summed E-state index contributed by atoms with van der Waals surface area (Å²) < 4.78 is 5.60. The van der Waals surface area contributed by atoms with Crippen LogP contribution in [0.2, 0.25) is 0 Å². The third-order valence-corrected chi connectivity index (χ3v) is 2.66. The van der Waals surface area contributed by atoms with Crippen molar-refractivity contribution < 1.29 is 4.74 Å². The molecule has 0 radical (unpaired) electrons. The van der Waals surface area contributed by atoms with E-state index in [1.54, 1.807) is 6.20 Å². The van der Waals surface area contributed by atoms with Crippen molar-refractivity contribution in [3.05, 3.63) is 47.3 Å². The number of ether oxygens (including phenoxy) is 1. The zero-order valence-electron chi connectivity index (χ0n) is 11.9. The summed E-state index contributed by atoms with van der Waals surface area (Å²) in [5, 5.41) is 0. The average Bonchev–Trinajstić information content (AvgIpc) is 2.31. The average molecular weight is 245 g/mol. The maximum atomic E-state index is 5.60. The number of nitrogens with zero attached hydrogens (tertiary/aromatic N) is 1. The van der Waals surface area contributed by atoms with Crippen molar-refractivity contribution >= 4 is 0 Å². The molecule has 0 atom stereocenters. The van der Waals surface area contributed by atoms with E-state index in [1.807, 2.05) is 19.1 Å². The van der Waals surface area contributed by atoms with Gasteiger partial charge >= 0.3 is 0 Å². The molecule has 0 aliphatic rings. The molecule has 0 aliphatic heterocycles. The van der Waals surface area contributed by atoms with Gasteiger partial charge in [-0.15, -0.1) is 0 Å². The second-order valence-electron chi connectivity index (χ2n) is 4.82. The van der Waals surface area contributed by atoms with Crippen molar-refractivity contribution in [3.63, 3.8) is 0 Å². The molecule has 0 amide bonds. The Morgan fingerprint density at radius 1 is 1.22 bits per heavy atom. The molecule has 0 aliphatic carbocycles. The largest absolute Gasteiger partial charge is 0.488 e. The Labute approximate surface area is 110 Å². The van der Waals surface area contributed by atoms with E-state index in [2.05, 4.69) is 37.9 Å². The van der Waals surface area contributed by atoms with Crippen molar-refractivity contribution in [1.82, 2.24) is 4.98 Å². The van der Waals surface area contributed by atoms with Gasteiger partial charge in [0.1, 0.15) is 12.4 Å². The van der Waals surface area contributed by atoms with Gasteiger partial charge in [-0.05, 0) is 58.7 Å². The van der Waals surface area contributed by atoms with Gasteiger partial charge in [0.25, 0.3) is 0 Å². The van der Waals surface area contributed by atoms with Gasteiger partial charge in [-0.1, -0.05) is 17.2 Å². The fraction of sp³-hybridized carbons (Fsp3) is 0.438. The highest BCUT2D eigenvalue weighted by Crippen LogP contribution is 2.10. The van der Waals surface area contributed by atoms with Crippen LogP contribution in [0.1, 0.15) is 39.3 Å². The van der Waals surface area contributed by atoms with E-state index in [9.17, 15) is 0 Å². The third-order valence-electron chi connectivity index (χ3n) is 2.66. The predicted molar refractivity (Wildman–Crippen MR) is 76.9 cm³/mol. The number of pyridine rings is 1. The Bertz CT molecular complexity index is 411. The highest BCUT2D eigenvalue weighted by atomic mass is 16.5. The Hall–Kier alpha value is -1.57. The van der Waals surface area contributed by atoms with Crippen LogP contribution in [-0.4, -0.2) is 11.6 Å². The third kappa shape index (κ3) is 6.24. The van der Waals surface area contributed by atoms with Crippen LogP contribution in [0.5, 0.6) is 5.75 Å². The van der Waals surface area contributed by atoms with Crippen LogP contribution >= 0.6 is 0 Å². The van der Waals surface area contributed by atoms with Crippen molar-refractivity contribution in [1.29, 1.82) is 0 Å². The zero-order chi connectivity index (χ0) is 13.4. The van der Waals surface area contributed by atoms with E-state index in [0.717, 1.165) is 24.3 Å². The molecular weight excluding hydrogens is 222 g/mol. The van der Waals surface area contributed by atoms with E-state index < -0.39 is 0 Å². The van der Waals surface area contributed by atoms with Gasteiger partial charge in [0.05, 0.1) is 6.20 Å². The summed E-state index contributed by atoms with van der Waals surface area (Å²) in [6.07, 6.45) is 8.37. The fourth-order valence-corrected chi connectivity index (χ4v) is 1.51. The van der Waals surface area contributed by atoms with Crippen LogP contribution < -0.4 is 4.74 Å². The van der Waals surface area contributed by atoms with Crippen molar-refractivity contribution in [3.8, 4) is 5.75 Å². The quantitative estimate of drug-likeness (QED) is 0.690. The maximum Gasteiger partial charge on any atom is 0.138 e. The van der Waals surface area contributed by atoms with Crippen LogP contribution in [0.4, 0.5) is 0 Å². The van der Waals surface area contributed by atoms with Gasteiger partial charge in [0, 0.05) is 5.69 Å². The lowest BCUT2D eigenvalue weighted by atomic mass is 10.1. The molecule has 1 rings (SSSR count). The summed E-state index contributed by atoms with van der Waals surface area (Å²) in [7, 11) is 0. The smallest absolute Gasteiger partial charge is 0.138 e. The van der Waals surface area contributed by atoms with Gasteiger partial charge in [-0.25, -0.2) is 0 Å². The standard InChI is InChI=1S/C16H23NO/c1-13(2)6-5-7-14(3)10-11-18-16-9-8-15(4)17-12-16/h6,8-10,12H,5,7,11H2,1-4H3/b14-10+. The van der Waals surface area contributed by atoms with Crippen molar-refractivity contribution in [2.45, 2.75) is 40.5 Å². The van der Waals surface area contributed by atoms with Crippen LogP contribution in [0.25, 0.3) is 0 Å². The van der Waals surface area contributed by atoms with Gasteiger partial charge < -0.3 is 4.74 Å². The molecule has 1 aromatic heterocycles. The van der Waals surface area contributed by atoms with E-state index in [0.29, 0.717) is 6.61 Å². The summed E-state index contributed by atoms with van der Waals surface area (Å²) in [5.41, 5.74) is 3.76. The van der Waals surface area contributed by atoms with Crippen LogP contribution in [0.3, 0.4) is 0 Å². The molecule has 2 nitrogen and oxygen atoms in total. The molecule has 2 heteroatoms. The van der Waals surface area contributed by atoms with E-state index in [4.69, 9.17) is 4.74 Å². The number of allylic oxidation sites excluding steroid dienone is 3. The van der Waals surface area contributed by atoms with Crippen LogP contribution in [0.15, 0.2) is 41.6 Å². The highest BCUT2D eigenvalue weighted by molar-refractivity contribution is 5.19. The minimum atomic E-state index is 0.616. The molecule has 0 saturated heterocycles. The Kier molecular flexibility index (Phi) is 6.20. The first-order chi connectivity index (χ1) is 8.58. The first kappa shape index (κ1) is 14.5. The molecule has 0 unspecified atom stereocenters. The lowest BCUT2D eigenvalue weighted by molar-refractivity contribution is 0.360. The molecule has 1 heterocycles. The molecule has 0 aromatic carbocycles. The number of aromatic nitrogens is 1. The Morgan fingerprint density at radius 2 is 2.00 bits per heavy atom. The lowest BCUT2D eigenvalue weighted by Gasteiger charge is -2.04. The molecule has 0 spiro atoms. The minimum absolute atomic E-state index is 0.616. The molecule has 0 N–H and O–H groups in total. The normalized spacial score (nSPS) is 11.2. The number of rotatable bonds is 6. The Balaban J connectivity index is 2.31. The van der Waals surface area contributed by atoms with Crippen molar-refractivity contribution in [2.75, 3.05) is 6.61 Å². The summed E-state index contributed by atoms with van der Waals surface area (Å²) in [4.78, 5) is 4.19. The van der Waals surface area contributed by atoms with E-state index >= 15 is 0 Å². The second kappa shape index (κ2) is 7.70. The summed E-state index contributed by atoms with van der Waals surface area (Å²) in [6, 6.07) is 3.91. The number of aryl methyl sites for hydroxylation is 1. The minimum Gasteiger partial charge on any atom is -0.488 e. The number of hydrogen-bond donors (Lipinski definition) is 0. The molecule has 0 bridgehead atoms. The first-order valence-electron chi connectivity index (χ1n) is 6.42. The topological polar surface area (TPSA) is 22.1 Å². The van der Waals surface area contributed by atoms with Gasteiger partial charge in [0.15, 0.2) is 0 Å². The van der Waals surface area contributed by atoms with E-state index in [-0.39, 0.29) is 0 Å². The summed E-state index contributed by atoms with van der Waals surface area (Å²) in [6.45, 7) is 9.00. The van der Waals surface area contributed by atoms with Crippen LogP contribution in [0, 0.1) is 6.92 Å². The molecule has 0 saturated carbocycles. The predicted octanol–water partition coefficient (Wildman–Crippen LogP) is 4.46. The van der Waals surface area contributed by atoms with Gasteiger partial charge in [0.2, 0.25) is 0 Å². The Morgan fingerprint density at radius 3 is 2.61 bits per heavy atom. The molecule has 18 heavy (non-hydrogen) atoms. The van der Waals surface area contributed by atoms with Crippen LogP contribution in [-0.2, 0) is 0 Å². The SMILES string of the molecule is CC(C)=CCC/C(C)=C/COc1ccc(C)nc1. The fourth-order valence-electron chi connectivity index (χ4n) is 1.51. The van der Waals surface area contributed by atoms with Crippen molar-refractivity contribution in [2.24, 2.45) is 0 Å². The van der Waals surface area contributed by atoms with Gasteiger partial charge in [-0.2, -0.15) is 0 Å².